The zero-order valence-electron chi connectivity index (χ0n) is 7.53. The lowest BCUT2D eigenvalue weighted by molar-refractivity contribution is 0.00548. The Hall–Kier alpha value is -1.03. The van der Waals surface area contributed by atoms with Crippen LogP contribution < -0.4 is 5.69 Å². The summed E-state index contributed by atoms with van der Waals surface area (Å²) in [7, 11) is 0. The topological polar surface area (TPSA) is 47.0 Å². The van der Waals surface area contributed by atoms with Crippen LogP contribution in [0, 0.1) is 0 Å². The van der Waals surface area contributed by atoms with Crippen LogP contribution in [0.2, 0.25) is 0 Å². The van der Waals surface area contributed by atoms with E-state index in [9.17, 15) is 4.79 Å². The highest BCUT2D eigenvalue weighted by molar-refractivity contribution is 4.78. The Kier molecular flexibility index (Phi) is 2.49. The summed E-state index contributed by atoms with van der Waals surface area (Å²) in [6.45, 7) is 1.52. The van der Waals surface area contributed by atoms with Gasteiger partial charge >= 0.3 is 5.69 Å². The summed E-state index contributed by atoms with van der Waals surface area (Å²) in [5.41, 5.74) is -0.0471. The van der Waals surface area contributed by atoms with E-state index in [-0.39, 0.29) is 11.8 Å². The van der Waals surface area contributed by atoms with Crippen LogP contribution in [0.4, 0.5) is 0 Å². The van der Waals surface area contributed by atoms with Gasteiger partial charge in [-0.3, -0.25) is 4.57 Å². The second kappa shape index (κ2) is 3.79. The maximum atomic E-state index is 11.1. The third kappa shape index (κ3) is 2.01. The molecule has 4 nitrogen and oxygen atoms in total. The number of aromatic amines is 1. The van der Waals surface area contributed by atoms with Crippen LogP contribution in [-0.2, 0) is 11.3 Å². The van der Waals surface area contributed by atoms with Gasteiger partial charge in [-0.05, 0) is 19.3 Å². The van der Waals surface area contributed by atoms with Crippen LogP contribution in [-0.4, -0.2) is 22.3 Å². The van der Waals surface area contributed by atoms with Crippen molar-refractivity contribution >= 4 is 0 Å². The monoisotopic (exact) mass is 182 g/mol. The largest absolute Gasteiger partial charge is 0.376 e. The summed E-state index contributed by atoms with van der Waals surface area (Å²) in [5, 5.41) is 0. The van der Waals surface area contributed by atoms with Crippen molar-refractivity contribution in [3.05, 3.63) is 22.9 Å². The SMILES string of the molecule is O=c1[nH]ccn1CC1CCCCO1. The van der Waals surface area contributed by atoms with E-state index in [0.29, 0.717) is 6.54 Å². The average Bonchev–Trinajstić information content (AvgIpc) is 2.54. The standard InChI is InChI=1S/C9H14N2O2/c12-9-10-4-5-11(9)7-8-3-1-2-6-13-8/h4-5,8H,1-3,6-7H2,(H,10,12). The molecule has 1 aliphatic heterocycles. The van der Waals surface area contributed by atoms with Gasteiger partial charge in [-0.15, -0.1) is 0 Å². The molecule has 1 saturated heterocycles. The van der Waals surface area contributed by atoms with E-state index in [1.54, 1.807) is 17.0 Å². The first-order valence-electron chi connectivity index (χ1n) is 4.72. The van der Waals surface area contributed by atoms with Crippen LogP contribution in [0.3, 0.4) is 0 Å². The number of aromatic nitrogens is 2. The summed E-state index contributed by atoms with van der Waals surface area (Å²) < 4.78 is 7.20. The molecule has 1 N–H and O–H groups in total. The maximum Gasteiger partial charge on any atom is 0.325 e. The number of H-pyrrole nitrogens is 1. The predicted octanol–water partition coefficient (Wildman–Crippen LogP) is 0.745. The Balaban J connectivity index is 1.97. The molecule has 1 aliphatic rings. The van der Waals surface area contributed by atoms with Gasteiger partial charge in [0.05, 0.1) is 12.6 Å². The first-order chi connectivity index (χ1) is 6.36. The van der Waals surface area contributed by atoms with Gasteiger partial charge in [0.1, 0.15) is 0 Å². The molecule has 0 aromatic carbocycles. The summed E-state index contributed by atoms with van der Waals surface area (Å²) in [6, 6.07) is 0. The Bertz CT molecular complexity index is 309. The van der Waals surface area contributed by atoms with Crippen LogP contribution in [0.15, 0.2) is 17.2 Å². The molecule has 0 aliphatic carbocycles. The number of imidazole rings is 1. The minimum Gasteiger partial charge on any atom is -0.376 e. The smallest absolute Gasteiger partial charge is 0.325 e. The third-order valence-corrected chi connectivity index (χ3v) is 2.40. The van der Waals surface area contributed by atoms with E-state index in [0.717, 1.165) is 19.4 Å². The molecule has 13 heavy (non-hydrogen) atoms. The molecule has 2 rings (SSSR count). The highest BCUT2D eigenvalue weighted by Crippen LogP contribution is 2.13. The van der Waals surface area contributed by atoms with E-state index in [1.165, 1.54) is 6.42 Å². The average molecular weight is 182 g/mol. The van der Waals surface area contributed by atoms with Crippen molar-refractivity contribution in [2.75, 3.05) is 6.61 Å². The van der Waals surface area contributed by atoms with E-state index in [4.69, 9.17) is 4.74 Å². The second-order valence-electron chi connectivity index (χ2n) is 3.41. The van der Waals surface area contributed by atoms with Crippen molar-refractivity contribution in [3.63, 3.8) is 0 Å². The number of nitrogens with zero attached hydrogens (tertiary/aromatic N) is 1. The molecule has 1 aromatic heterocycles. The Morgan fingerprint density at radius 3 is 3.15 bits per heavy atom. The summed E-state index contributed by atoms with van der Waals surface area (Å²) in [4.78, 5) is 13.8. The highest BCUT2D eigenvalue weighted by atomic mass is 16.5. The fraction of sp³-hybridized carbons (Fsp3) is 0.667. The number of hydrogen-bond acceptors (Lipinski definition) is 2. The molecule has 0 saturated carbocycles. The van der Waals surface area contributed by atoms with Gasteiger partial charge in [-0.25, -0.2) is 4.79 Å². The molecule has 0 amide bonds. The molecule has 1 fully saturated rings. The lowest BCUT2D eigenvalue weighted by atomic mass is 10.1. The van der Waals surface area contributed by atoms with Gasteiger partial charge in [0.2, 0.25) is 0 Å². The Morgan fingerprint density at radius 1 is 1.62 bits per heavy atom. The molecule has 1 aromatic rings. The Labute approximate surface area is 76.5 Å². The predicted molar refractivity (Wildman–Crippen MR) is 48.6 cm³/mol. The van der Waals surface area contributed by atoms with Gasteiger partial charge in [0.25, 0.3) is 0 Å². The zero-order chi connectivity index (χ0) is 9.10. The Morgan fingerprint density at radius 2 is 2.54 bits per heavy atom. The minimum absolute atomic E-state index is 0.0471. The third-order valence-electron chi connectivity index (χ3n) is 2.40. The van der Waals surface area contributed by atoms with Crippen molar-refractivity contribution in [2.24, 2.45) is 0 Å². The molecule has 2 heterocycles. The van der Waals surface area contributed by atoms with E-state index in [2.05, 4.69) is 4.98 Å². The minimum atomic E-state index is -0.0471. The van der Waals surface area contributed by atoms with Gasteiger partial charge < -0.3 is 9.72 Å². The highest BCUT2D eigenvalue weighted by Gasteiger charge is 2.14. The molecule has 72 valence electrons. The van der Waals surface area contributed by atoms with Crippen LogP contribution >= 0.6 is 0 Å². The van der Waals surface area contributed by atoms with Crippen molar-refractivity contribution < 1.29 is 4.74 Å². The van der Waals surface area contributed by atoms with Crippen LogP contribution in [0.25, 0.3) is 0 Å². The molecule has 0 bridgehead atoms. The van der Waals surface area contributed by atoms with Gasteiger partial charge in [-0.1, -0.05) is 0 Å². The normalized spacial score (nSPS) is 23.2. The van der Waals surface area contributed by atoms with Crippen molar-refractivity contribution in [1.29, 1.82) is 0 Å². The first-order valence-corrected chi connectivity index (χ1v) is 4.72. The molecule has 0 radical (unpaired) electrons. The van der Waals surface area contributed by atoms with Crippen LogP contribution in [0.5, 0.6) is 0 Å². The van der Waals surface area contributed by atoms with Gasteiger partial charge in [0, 0.05) is 19.0 Å². The van der Waals surface area contributed by atoms with Gasteiger partial charge in [0.15, 0.2) is 0 Å². The van der Waals surface area contributed by atoms with E-state index >= 15 is 0 Å². The van der Waals surface area contributed by atoms with E-state index < -0.39 is 0 Å². The molecule has 1 atom stereocenters. The molecule has 0 spiro atoms. The second-order valence-corrected chi connectivity index (χ2v) is 3.41. The van der Waals surface area contributed by atoms with Crippen molar-refractivity contribution in [2.45, 2.75) is 31.9 Å². The number of hydrogen-bond donors (Lipinski definition) is 1. The van der Waals surface area contributed by atoms with E-state index in [1.807, 2.05) is 0 Å². The van der Waals surface area contributed by atoms with Crippen LogP contribution in [0.1, 0.15) is 19.3 Å². The maximum absolute atomic E-state index is 11.1. The summed E-state index contributed by atoms with van der Waals surface area (Å²) in [5.74, 6) is 0. The fourth-order valence-electron chi connectivity index (χ4n) is 1.66. The molecule has 1 unspecified atom stereocenters. The first kappa shape index (κ1) is 8.56. The number of nitrogens with one attached hydrogen (secondary N) is 1. The van der Waals surface area contributed by atoms with Gasteiger partial charge in [-0.2, -0.15) is 0 Å². The number of rotatable bonds is 2. The molecule has 4 heteroatoms. The molecular formula is C9H14N2O2. The quantitative estimate of drug-likeness (QED) is 0.733. The zero-order valence-corrected chi connectivity index (χ0v) is 7.53. The lowest BCUT2D eigenvalue weighted by Gasteiger charge is -2.22. The summed E-state index contributed by atoms with van der Waals surface area (Å²) in [6.07, 6.45) is 7.08. The number of ether oxygens (including phenoxy) is 1. The summed E-state index contributed by atoms with van der Waals surface area (Å²) >= 11 is 0. The lowest BCUT2D eigenvalue weighted by Crippen LogP contribution is -2.28. The molecular weight excluding hydrogens is 168 g/mol. The fourth-order valence-corrected chi connectivity index (χ4v) is 1.66. The van der Waals surface area contributed by atoms with Crippen molar-refractivity contribution in [1.82, 2.24) is 9.55 Å². The van der Waals surface area contributed by atoms with Crippen molar-refractivity contribution in [3.8, 4) is 0 Å².